The Bertz CT molecular complexity index is 490. The van der Waals surface area contributed by atoms with E-state index in [0.717, 1.165) is 23.5 Å². The van der Waals surface area contributed by atoms with Gasteiger partial charge in [-0.25, -0.2) is 0 Å². The van der Waals surface area contributed by atoms with Crippen LogP contribution in [0.25, 0.3) is 0 Å². The molecule has 100 valence electrons. The summed E-state index contributed by atoms with van der Waals surface area (Å²) >= 11 is 0. The Kier molecular flexibility index (Phi) is 4.58. The van der Waals surface area contributed by atoms with Crippen LogP contribution in [0, 0.1) is 5.92 Å². The summed E-state index contributed by atoms with van der Waals surface area (Å²) in [5.41, 5.74) is 0.940. The van der Waals surface area contributed by atoms with Crippen LogP contribution in [-0.2, 0) is 0 Å². The van der Waals surface area contributed by atoms with Crippen molar-refractivity contribution in [2.24, 2.45) is 5.92 Å². The van der Waals surface area contributed by atoms with Crippen molar-refractivity contribution in [3.8, 4) is 11.5 Å². The number of hydrogen-bond donors (Lipinski definition) is 1. The summed E-state index contributed by atoms with van der Waals surface area (Å²) in [6.45, 7) is 4.14. The van der Waals surface area contributed by atoms with Crippen LogP contribution in [0.1, 0.15) is 31.9 Å². The summed E-state index contributed by atoms with van der Waals surface area (Å²) in [7, 11) is 0. The topological polar surface area (TPSA) is 29.5 Å². The lowest BCUT2D eigenvalue weighted by molar-refractivity contribution is 0.115. The summed E-state index contributed by atoms with van der Waals surface area (Å²) in [6.07, 6.45) is 0.555. The van der Waals surface area contributed by atoms with Gasteiger partial charge in [0.2, 0.25) is 0 Å². The minimum Gasteiger partial charge on any atom is -0.457 e. The van der Waals surface area contributed by atoms with Crippen molar-refractivity contribution in [3.63, 3.8) is 0 Å². The van der Waals surface area contributed by atoms with Crippen LogP contribution in [0.15, 0.2) is 54.6 Å². The second kappa shape index (κ2) is 6.39. The third-order valence-electron chi connectivity index (χ3n) is 3.38. The number of aliphatic hydroxyl groups excluding tert-OH is 1. The van der Waals surface area contributed by atoms with Crippen LogP contribution in [0.4, 0.5) is 0 Å². The molecule has 2 aromatic carbocycles. The molecule has 1 N–H and O–H groups in total. The summed E-state index contributed by atoms with van der Waals surface area (Å²) in [4.78, 5) is 0. The van der Waals surface area contributed by atoms with E-state index in [2.05, 4.69) is 13.8 Å². The molecule has 2 nitrogen and oxygen atoms in total. The number of para-hydroxylation sites is 1. The van der Waals surface area contributed by atoms with E-state index in [-0.39, 0.29) is 5.92 Å². The van der Waals surface area contributed by atoms with E-state index in [9.17, 15) is 5.11 Å². The average molecular weight is 256 g/mol. The smallest absolute Gasteiger partial charge is 0.127 e. The highest BCUT2D eigenvalue weighted by Gasteiger charge is 2.14. The first-order chi connectivity index (χ1) is 9.20. The molecule has 2 aromatic rings. The molecule has 0 aromatic heterocycles. The first-order valence-corrected chi connectivity index (χ1v) is 6.71. The Morgan fingerprint density at radius 1 is 0.947 bits per heavy atom. The number of ether oxygens (including phenoxy) is 1. The molecule has 0 amide bonds. The number of benzene rings is 2. The van der Waals surface area contributed by atoms with Crippen LogP contribution in [0.5, 0.6) is 11.5 Å². The molecule has 19 heavy (non-hydrogen) atoms. The molecule has 0 spiro atoms. The predicted molar refractivity (Wildman–Crippen MR) is 77.4 cm³/mol. The Hall–Kier alpha value is -1.80. The van der Waals surface area contributed by atoms with Crippen LogP contribution in [0.2, 0.25) is 0 Å². The van der Waals surface area contributed by atoms with Crippen LogP contribution in [0.3, 0.4) is 0 Å². The van der Waals surface area contributed by atoms with E-state index < -0.39 is 6.10 Å². The number of aliphatic hydroxyl groups is 1. The largest absolute Gasteiger partial charge is 0.457 e. The predicted octanol–water partition coefficient (Wildman–Crippen LogP) is 4.56. The monoisotopic (exact) mass is 256 g/mol. The maximum Gasteiger partial charge on any atom is 0.127 e. The van der Waals surface area contributed by atoms with E-state index >= 15 is 0 Å². The van der Waals surface area contributed by atoms with E-state index in [0.29, 0.717) is 0 Å². The minimum absolute atomic E-state index is 0.265. The zero-order chi connectivity index (χ0) is 13.7. The third kappa shape index (κ3) is 3.58. The molecule has 0 saturated heterocycles. The van der Waals surface area contributed by atoms with Crippen molar-refractivity contribution < 1.29 is 9.84 Å². The maximum absolute atomic E-state index is 10.1. The zero-order valence-corrected chi connectivity index (χ0v) is 11.4. The van der Waals surface area contributed by atoms with Gasteiger partial charge < -0.3 is 9.84 Å². The van der Waals surface area contributed by atoms with Gasteiger partial charge in [-0.05, 0) is 35.7 Å². The normalized spacial score (nSPS) is 13.8. The second-order valence-electron chi connectivity index (χ2n) is 4.81. The van der Waals surface area contributed by atoms with Gasteiger partial charge in [0.25, 0.3) is 0 Å². The van der Waals surface area contributed by atoms with E-state index in [1.165, 1.54) is 0 Å². The van der Waals surface area contributed by atoms with Crippen molar-refractivity contribution in [3.05, 3.63) is 60.2 Å². The second-order valence-corrected chi connectivity index (χ2v) is 4.81. The molecule has 2 unspecified atom stereocenters. The molecule has 2 heteroatoms. The average Bonchev–Trinajstić information content (AvgIpc) is 2.47. The van der Waals surface area contributed by atoms with Crippen molar-refractivity contribution in [1.82, 2.24) is 0 Å². The number of rotatable bonds is 5. The molecule has 0 saturated carbocycles. The van der Waals surface area contributed by atoms with Crippen molar-refractivity contribution in [2.75, 3.05) is 0 Å². The quantitative estimate of drug-likeness (QED) is 0.849. The molecule has 0 radical (unpaired) electrons. The zero-order valence-electron chi connectivity index (χ0n) is 11.4. The van der Waals surface area contributed by atoms with Gasteiger partial charge in [0, 0.05) is 0 Å². The molecular weight excluding hydrogens is 236 g/mol. The molecule has 2 atom stereocenters. The fraction of sp³-hybridized carbons (Fsp3) is 0.294. The van der Waals surface area contributed by atoms with Gasteiger partial charge in [0.1, 0.15) is 11.5 Å². The minimum atomic E-state index is -0.407. The summed E-state index contributed by atoms with van der Waals surface area (Å²) in [6, 6.07) is 17.3. The van der Waals surface area contributed by atoms with Gasteiger partial charge in [-0.3, -0.25) is 0 Å². The van der Waals surface area contributed by atoms with E-state index in [1.54, 1.807) is 0 Å². The Balaban J connectivity index is 2.06. The summed E-state index contributed by atoms with van der Waals surface area (Å²) in [5.74, 6) is 1.87. The molecule has 0 aliphatic rings. The van der Waals surface area contributed by atoms with Gasteiger partial charge in [-0.1, -0.05) is 50.6 Å². The molecular formula is C17H20O2. The lowest BCUT2D eigenvalue weighted by Gasteiger charge is -2.17. The molecule has 0 fully saturated rings. The summed E-state index contributed by atoms with van der Waals surface area (Å²) < 4.78 is 5.72. The lowest BCUT2D eigenvalue weighted by Crippen LogP contribution is -2.07. The Morgan fingerprint density at radius 3 is 2.11 bits per heavy atom. The van der Waals surface area contributed by atoms with Crippen LogP contribution >= 0.6 is 0 Å². The fourth-order valence-electron chi connectivity index (χ4n) is 1.91. The lowest BCUT2D eigenvalue weighted by atomic mass is 9.95. The first-order valence-electron chi connectivity index (χ1n) is 6.71. The SMILES string of the molecule is CCC(C)C(O)c1ccc(Oc2ccccc2)cc1. The van der Waals surface area contributed by atoms with Gasteiger partial charge in [0.15, 0.2) is 0 Å². The van der Waals surface area contributed by atoms with Crippen molar-refractivity contribution in [2.45, 2.75) is 26.4 Å². The van der Waals surface area contributed by atoms with Crippen LogP contribution < -0.4 is 4.74 Å². The van der Waals surface area contributed by atoms with E-state index in [1.807, 2.05) is 54.6 Å². The third-order valence-corrected chi connectivity index (χ3v) is 3.38. The number of hydrogen-bond acceptors (Lipinski definition) is 2. The first kappa shape index (κ1) is 13.6. The molecule has 0 aliphatic heterocycles. The summed E-state index contributed by atoms with van der Waals surface area (Å²) in [5, 5.41) is 10.1. The Morgan fingerprint density at radius 2 is 1.53 bits per heavy atom. The highest BCUT2D eigenvalue weighted by molar-refractivity contribution is 5.33. The highest BCUT2D eigenvalue weighted by atomic mass is 16.5. The molecule has 0 bridgehead atoms. The fourth-order valence-corrected chi connectivity index (χ4v) is 1.91. The van der Waals surface area contributed by atoms with Gasteiger partial charge >= 0.3 is 0 Å². The van der Waals surface area contributed by atoms with Gasteiger partial charge in [-0.15, -0.1) is 0 Å². The maximum atomic E-state index is 10.1. The van der Waals surface area contributed by atoms with Gasteiger partial charge in [0.05, 0.1) is 6.10 Å². The highest BCUT2D eigenvalue weighted by Crippen LogP contribution is 2.27. The molecule has 0 aliphatic carbocycles. The van der Waals surface area contributed by atoms with Crippen molar-refractivity contribution in [1.29, 1.82) is 0 Å². The van der Waals surface area contributed by atoms with Crippen LogP contribution in [-0.4, -0.2) is 5.11 Å². The molecule has 2 rings (SSSR count). The standard InChI is InChI=1S/C17H20O2/c1-3-13(2)17(18)14-9-11-16(12-10-14)19-15-7-5-4-6-8-15/h4-13,17-18H,3H2,1-2H3. The Labute approximate surface area is 114 Å². The van der Waals surface area contributed by atoms with Crippen molar-refractivity contribution >= 4 is 0 Å². The molecule has 0 heterocycles. The van der Waals surface area contributed by atoms with E-state index in [4.69, 9.17) is 4.74 Å². The van der Waals surface area contributed by atoms with Gasteiger partial charge in [-0.2, -0.15) is 0 Å².